The van der Waals surface area contributed by atoms with Crippen molar-refractivity contribution in [2.75, 3.05) is 26.1 Å². The highest BCUT2D eigenvalue weighted by atomic mass is 35.5. The summed E-state index contributed by atoms with van der Waals surface area (Å²) >= 11 is 5.92. The highest BCUT2D eigenvalue weighted by molar-refractivity contribution is 6.31. The number of rotatable bonds is 6. The Morgan fingerprint density at radius 3 is 2.61 bits per heavy atom. The lowest BCUT2D eigenvalue weighted by Crippen LogP contribution is -2.44. The number of methoxy groups -OCH3 is 2. The SMILES string of the molecule is COC(=O)[C@@H]1C[C@@H](Oc2cc3c(Nc4cccc(Cl)c4F)ncnc3cc2OC)CN1C(=O)OC(C)(C)C. The van der Waals surface area contributed by atoms with Crippen molar-refractivity contribution < 1.29 is 32.9 Å². The van der Waals surface area contributed by atoms with Crippen LogP contribution in [0.4, 0.5) is 20.7 Å². The number of nitrogens with zero attached hydrogens (tertiary/aromatic N) is 3. The zero-order valence-corrected chi connectivity index (χ0v) is 22.3. The van der Waals surface area contributed by atoms with Gasteiger partial charge in [-0.05, 0) is 39.0 Å². The predicted octanol–water partition coefficient (Wildman–Crippen LogP) is 5.10. The fourth-order valence-electron chi connectivity index (χ4n) is 4.09. The molecule has 2 atom stereocenters. The summed E-state index contributed by atoms with van der Waals surface area (Å²) in [6.07, 6.45) is 0.290. The zero-order valence-electron chi connectivity index (χ0n) is 21.6. The standard InChI is InChI=1S/C26H28ClFN4O6/c1-26(2,3)38-25(34)32-12-14(9-19(32)24(33)36-5)37-21-10-15-18(11-20(21)35-4)29-13-30-23(15)31-17-8-6-7-16(27)22(17)28/h6-8,10-11,13-14,19H,9,12H2,1-5H3,(H,29,30,31)/t14-,19+/m1/s1. The quantitative estimate of drug-likeness (QED) is 0.422. The second-order valence-electron chi connectivity index (χ2n) is 9.62. The summed E-state index contributed by atoms with van der Waals surface area (Å²) in [5.74, 6) is -0.174. The van der Waals surface area contributed by atoms with Gasteiger partial charge in [0.15, 0.2) is 17.3 Å². The van der Waals surface area contributed by atoms with Crippen LogP contribution in [0.25, 0.3) is 10.9 Å². The lowest BCUT2D eigenvalue weighted by atomic mass is 10.1. The smallest absolute Gasteiger partial charge is 0.411 e. The predicted molar refractivity (Wildman–Crippen MR) is 139 cm³/mol. The van der Waals surface area contributed by atoms with Crippen LogP contribution in [0.1, 0.15) is 27.2 Å². The normalized spacial score (nSPS) is 17.3. The highest BCUT2D eigenvalue weighted by Gasteiger charge is 2.43. The summed E-state index contributed by atoms with van der Waals surface area (Å²) in [7, 11) is 2.74. The third kappa shape index (κ3) is 5.83. The van der Waals surface area contributed by atoms with E-state index in [1.165, 1.54) is 37.6 Å². The van der Waals surface area contributed by atoms with Crippen molar-refractivity contribution in [2.45, 2.75) is 44.9 Å². The van der Waals surface area contributed by atoms with Crippen molar-refractivity contribution >= 4 is 46.1 Å². The maximum absolute atomic E-state index is 14.5. The van der Waals surface area contributed by atoms with Gasteiger partial charge in [0.1, 0.15) is 29.9 Å². The first kappa shape index (κ1) is 27.2. The van der Waals surface area contributed by atoms with Crippen LogP contribution >= 0.6 is 11.6 Å². The van der Waals surface area contributed by atoms with Crippen molar-refractivity contribution in [1.82, 2.24) is 14.9 Å². The summed E-state index contributed by atoms with van der Waals surface area (Å²) in [5, 5.41) is 3.44. The third-order valence-electron chi connectivity index (χ3n) is 5.78. The van der Waals surface area contributed by atoms with Gasteiger partial charge in [0.25, 0.3) is 0 Å². The highest BCUT2D eigenvalue weighted by Crippen LogP contribution is 2.37. The van der Waals surface area contributed by atoms with E-state index in [-0.39, 0.29) is 23.7 Å². The molecule has 0 aliphatic carbocycles. The van der Waals surface area contributed by atoms with E-state index in [2.05, 4.69) is 15.3 Å². The van der Waals surface area contributed by atoms with Gasteiger partial charge in [-0.15, -0.1) is 0 Å². The van der Waals surface area contributed by atoms with Gasteiger partial charge >= 0.3 is 12.1 Å². The van der Waals surface area contributed by atoms with Crippen LogP contribution in [0.2, 0.25) is 5.02 Å². The van der Waals surface area contributed by atoms with Gasteiger partial charge in [0.2, 0.25) is 0 Å². The molecule has 2 heterocycles. The first-order valence-corrected chi connectivity index (χ1v) is 12.2. The maximum Gasteiger partial charge on any atom is 0.411 e. The van der Waals surface area contributed by atoms with E-state index in [4.69, 9.17) is 30.5 Å². The molecule has 1 saturated heterocycles. The number of benzene rings is 2. The molecule has 202 valence electrons. The van der Waals surface area contributed by atoms with E-state index in [1.54, 1.807) is 39.0 Å². The molecule has 0 bridgehead atoms. The van der Waals surface area contributed by atoms with Gasteiger partial charge < -0.3 is 24.3 Å². The number of carbonyl (C=O) groups excluding carboxylic acids is 2. The molecule has 0 radical (unpaired) electrons. The first-order valence-electron chi connectivity index (χ1n) is 11.8. The van der Waals surface area contributed by atoms with Gasteiger partial charge in [-0.25, -0.2) is 23.9 Å². The Bertz CT molecular complexity index is 1370. The maximum atomic E-state index is 14.5. The second kappa shape index (κ2) is 10.9. The molecule has 12 heteroatoms. The van der Waals surface area contributed by atoms with Gasteiger partial charge in [-0.1, -0.05) is 17.7 Å². The summed E-state index contributed by atoms with van der Waals surface area (Å²) in [6.45, 7) is 5.31. The molecule has 4 rings (SSSR count). The van der Waals surface area contributed by atoms with E-state index >= 15 is 0 Å². The van der Waals surface area contributed by atoms with Crippen molar-refractivity contribution in [3.8, 4) is 11.5 Å². The first-order chi connectivity index (χ1) is 18.0. The van der Waals surface area contributed by atoms with E-state index in [9.17, 15) is 14.0 Å². The number of hydrogen-bond donors (Lipinski definition) is 1. The molecule has 1 aromatic heterocycles. The van der Waals surface area contributed by atoms with Crippen molar-refractivity contribution in [3.63, 3.8) is 0 Å². The monoisotopic (exact) mass is 546 g/mol. The lowest BCUT2D eigenvalue weighted by molar-refractivity contribution is -0.145. The van der Waals surface area contributed by atoms with Crippen molar-refractivity contribution in [3.05, 3.63) is 47.5 Å². The van der Waals surface area contributed by atoms with E-state index in [1.807, 2.05) is 0 Å². The molecular weight excluding hydrogens is 519 g/mol. The number of fused-ring (bicyclic) bond motifs is 1. The van der Waals surface area contributed by atoms with E-state index in [0.717, 1.165) is 0 Å². The van der Waals surface area contributed by atoms with Gasteiger partial charge in [0.05, 0.1) is 37.0 Å². The minimum absolute atomic E-state index is 0.0324. The van der Waals surface area contributed by atoms with E-state index < -0.39 is 35.6 Å². The van der Waals surface area contributed by atoms with Crippen LogP contribution in [0.5, 0.6) is 11.5 Å². The largest absolute Gasteiger partial charge is 0.493 e. The van der Waals surface area contributed by atoms with Crippen molar-refractivity contribution in [2.24, 2.45) is 0 Å². The molecule has 1 N–H and O–H groups in total. The molecule has 38 heavy (non-hydrogen) atoms. The Kier molecular flexibility index (Phi) is 7.77. The van der Waals surface area contributed by atoms with Crippen LogP contribution in [0.15, 0.2) is 36.7 Å². The van der Waals surface area contributed by atoms with Crippen LogP contribution in [0, 0.1) is 5.82 Å². The Labute approximate surface area is 224 Å². The average Bonchev–Trinajstić information content (AvgIpc) is 3.29. The molecular formula is C26H28ClFN4O6. The fourth-order valence-corrected chi connectivity index (χ4v) is 4.26. The minimum Gasteiger partial charge on any atom is -0.493 e. The molecule has 10 nitrogen and oxygen atoms in total. The van der Waals surface area contributed by atoms with Gasteiger partial charge in [-0.3, -0.25) is 4.90 Å². The summed E-state index contributed by atoms with van der Waals surface area (Å²) < 4.78 is 36.6. The van der Waals surface area contributed by atoms with Crippen LogP contribution < -0.4 is 14.8 Å². The molecule has 3 aromatic rings. The number of amides is 1. The number of aromatic nitrogens is 2. The molecule has 0 spiro atoms. The molecule has 1 aliphatic rings. The van der Waals surface area contributed by atoms with Gasteiger partial charge in [0, 0.05) is 17.9 Å². The summed E-state index contributed by atoms with van der Waals surface area (Å²) in [6, 6.07) is 7.03. The van der Waals surface area contributed by atoms with Crippen LogP contribution in [-0.4, -0.2) is 65.4 Å². The third-order valence-corrected chi connectivity index (χ3v) is 6.07. The Hall–Kier alpha value is -3.86. The Morgan fingerprint density at radius 2 is 1.92 bits per heavy atom. The number of likely N-dealkylation sites (tertiary alicyclic amines) is 1. The number of ether oxygens (including phenoxy) is 4. The van der Waals surface area contributed by atoms with Gasteiger partial charge in [-0.2, -0.15) is 0 Å². The van der Waals surface area contributed by atoms with Crippen LogP contribution in [-0.2, 0) is 14.3 Å². The zero-order chi connectivity index (χ0) is 27.6. The summed E-state index contributed by atoms with van der Waals surface area (Å²) in [5.41, 5.74) is -0.0895. The molecule has 2 aromatic carbocycles. The molecule has 0 unspecified atom stereocenters. The van der Waals surface area contributed by atoms with Crippen molar-refractivity contribution in [1.29, 1.82) is 0 Å². The number of halogens is 2. The topological polar surface area (TPSA) is 112 Å². The molecule has 0 saturated carbocycles. The number of esters is 1. The fraction of sp³-hybridized carbons (Fsp3) is 0.385. The average molecular weight is 547 g/mol. The number of nitrogens with one attached hydrogen (secondary N) is 1. The molecule has 1 aliphatic heterocycles. The number of hydrogen-bond acceptors (Lipinski definition) is 9. The Morgan fingerprint density at radius 1 is 1.16 bits per heavy atom. The number of carbonyl (C=O) groups is 2. The Balaban J connectivity index is 1.65. The summed E-state index contributed by atoms with van der Waals surface area (Å²) in [4.78, 5) is 35.1. The second-order valence-corrected chi connectivity index (χ2v) is 10.0. The van der Waals surface area contributed by atoms with E-state index in [0.29, 0.717) is 28.2 Å². The minimum atomic E-state index is -0.877. The van der Waals surface area contributed by atoms with Crippen LogP contribution in [0.3, 0.4) is 0 Å². The molecule has 1 fully saturated rings. The lowest BCUT2D eigenvalue weighted by Gasteiger charge is -2.27. The molecule has 1 amide bonds. The number of anilines is 2.